The molecule has 0 rings (SSSR count). The van der Waals surface area contributed by atoms with E-state index in [4.69, 9.17) is 0 Å². The van der Waals surface area contributed by atoms with Crippen molar-refractivity contribution in [1.82, 2.24) is 4.90 Å². The molecule has 0 aliphatic carbocycles. The highest BCUT2D eigenvalue weighted by Crippen LogP contribution is 1.97. The number of likely N-dealkylation sites (N-methyl/N-ethyl adjacent to an activating group) is 1. The molecule has 0 atom stereocenters. The van der Waals surface area contributed by atoms with Crippen LogP contribution in [0.4, 0.5) is 0 Å². The molecule has 0 saturated heterocycles. The molecular formula is C9H19NO. The Kier molecular flexibility index (Phi) is 5.12. The largest absolute Gasteiger partial charge is 0.299 e. The van der Waals surface area contributed by atoms with Gasteiger partial charge in [0.05, 0.1) is 6.54 Å². The van der Waals surface area contributed by atoms with E-state index in [9.17, 15) is 4.79 Å². The molecule has 0 amide bonds. The maximum Gasteiger partial charge on any atom is 0.143 e. The molecule has 0 aliphatic heterocycles. The Morgan fingerprint density at radius 3 is 2.27 bits per heavy atom. The molecule has 0 aromatic rings. The van der Waals surface area contributed by atoms with E-state index in [-0.39, 0.29) is 5.78 Å². The minimum Gasteiger partial charge on any atom is -0.299 e. The molecule has 66 valence electrons. The summed E-state index contributed by atoms with van der Waals surface area (Å²) in [5.74, 6) is 0.904. The van der Waals surface area contributed by atoms with E-state index >= 15 is 0 Å². The van der Waals surface area contributed by atoms with Crippen LogP contribution in [0.2, 0.25) is 0 Å². The molecule has 0 heterocycles. The van der Waals surface area contributed by atoms with Crippen molar-refractivity contribution in [3.05, 3.63) is 0 Å². The fourth-order valence-electron chi connectivity index (χ4n) is 1.14. The lowest BCUT2D eigenvalue weighted by molar-refractivity contribution is -0.118. The van der Waals surface area contributed by atoms with E-state index in [1.54, 1.807) is 6.92 Å². The van der Waals surface area contributed by atoms with Crippen LogP contribution in [-0.2, 0) is 4.79 Å². The van der Waals surface area contributed by atoms with Gasteiger partial charge in [0, 0.05) is 6.54 Å². The number of carbonyl (C=O) groups is 1. The lowest BCUT2D eigenvalue weighted by atomic mass is 10.2. The molecule has 0 saturated carbocycles. The van der Waals surface area contributed by atoms with Crippen molar-refractivity contribution in [1.29, 1.82) is 0 Å². The normalized spacial score (nSPS) is 11.1. The van der Waals surface area contributed by atoms with Gasteiger partial charge in [-0.25, -0.2) is 0 Å². The van der Waals surface area contributed by atoms with E-state index in [0.717, 1.165) is 13.1 Å². The van der Waals surface area contributed by atoms with Gasteiger partial charge < -0.3 is 0 Å². The Hall–Kier alpha value is -0.370. The monoisotopic (exact) mass is 157 g/mol. The van der Waals surface area contributed by atoms with Crippen molar-refractivity contribution >= 4 is 5.78 Å². The van der Waals surface area contributed by atoms with Crippen molar-refractivity contribution in [2.24, 2.45) is 5.92 Å². The van der Waals surface area contributed by atoms with Gasteiger partial charge in [-0.15, -0.1) is 0 Å². The van der Waals surface area contributed by atoms with E-state index in [1.165, 1.54) is 0 Å². The molecule has 0 fully saturated rings. The summed E-state index contributed by atoms with van der Waals surface area (Å²) in [5.41, 5.74) is 0. The van der Waals surface area contributed by atoms with Gasteiger partial charge in [-0.3, -0.25) is 9.69 Å². The van der Waals surface area contributed by atoms with Crippen LogP contribution in [0, 0.1) is 5.92 Å². The highest BCUT2D eigenvalue weighted by atomic mass is 16.1. The Labute approximate surface area is 69.6 Å². The minimum absolute atomic E-state index is 0.257. The first kappa shape index (κ1) is 10.6. The summed E-state index contributed by atoms with van der Waals surface area (Å²) in [6.45, 7) is 10.7. The summed E-state index contributed by atoms with van der Waals surface area (Å²) in [4.78, 5) is 12.9. The van der Waals surface area contributed by atoms with Crippen molar-refractivity contribution in [3.63, 3.8) is 0 Å². The van der Waals surface area contributed by atoms with Crippen molar-refractivity contribution < 1.29 is 4.79 Å². The number of carbonyl (C=O) groups excluding carboxylic acids is 1. The van der Waals surface area contributed by atoms with E-state index < -0.39 is 0 Å². The van der Waals surface area contributed by atoms with Crippen LogP contribution < -0.4 is 0 Å². The molecule has 0 aromatic heterocycles. The molecule has 0 radical (unpaired) electrons. The molecule has 0 aromatic carbocycles. The molecule has 0 N–H and O–H groups in total. The summed E-state index contributed by atoms with van der Waals surface area (Å²) in [5, 5.41) is 0. The van der Waals surface area contributed by atoms with Gasteiger partial charge in [0.1, 0.15) is 5.78 Å². The number of ketones is 1. The van der Waals surface area contributed by atoms with Crippen LogP contribution in [-0.4, -0.2) is 30.3 Å². The van der Waals surface area contributed by atoms with Crippen molar-refractivity contribution in [2.45, 2.75) is 27.7 Å². The molecule has 0 aliphatic rings. The summed E-state index contributed by atoms with van der Waals surface area (Å²) in [7, 11) is 0. The molecule has 2 nitrogen and oxygen atoms in total. The van der Waals surface area contributed by atoms with Crippen LogP contribution in [0.1, 0.15) is 27.7 Å². The highest BCUT2D eigenvalue weighted by Gasteiger charge is 2.06. The number of Topliss-reactive ketones (excluding diaryl/α,β-unsaturated/α-hetero) is 1. The summed E-state index contributed by atoms with van der Waals surface area (Å²) in [6.07, 6.45) is 0. The number of hydrogen-bond donors (Lipinski definition) is 0. The lowest BCUT2D eigenvalue weighted by Crippen LogP contribution is -2.31. The predicted octanol–water partition coefficient (Wildman–Crippen LogP) is 1.55. The fraction of sp³-hybridized carbons (Fsp3) is 0.889. The molecule has 0 bridgehead atoms. The van der Waals surface area contributed by atoms with Crippen LogP contribution in [0.3, 0.4) is 0 Å². The first-order valence-electron chi connectivity index (χ1n) is 4.28. The standard InChI is InChI=1S/C9H19NO/c1-5-10(6-8(2)3)7-9(4)11/h8H,5-7H2,1-4H3. The van der Waals surface area contributed by atoms with E-state index in [2.05, 4.69) is 25.7 Å². The zero-order valence-electron chi connectivity index (χ0n) is 8.05. The maximum atomic E-state index is 10.8. The number of nitrogens with zero attached hydrogens (tertiary/aromatic N) is 1. The smallest absolute Gasteiger partial charge is 0.143 e. The Morgan fingerprint density at radius 1 is 1.45 bits per heavy atom. The second-order valence-corrected chi connectivity index (χ2v) is 3.42. The zero-order chi connectivity index (χ0) is 8.85. The second-order valence-electron chi connectivity index (χ2n) is 3.42. The van der Waals surface area contributed by atoms with E-state index in [1.807, 2.05) is 0 Å². The van der Waals surface area contributed by atoms with Gasteiger partial charge in [0.25, 0.3) is 0 Å². The predicted molar refractivity (Wildman–Crippen MR) is 47.6 cm³/mol. The SMILES string of the molecule is CCN(CC(C)=O)CC(C)C. The first-order valence-corrected chi connectivity index (χ1v) is 4.28. The molecule has 11 heavy (non-hydrogen) atoms. The lowest BCUT2D eigenvalue weighted by Gasteiger charge is -2.20. The highest BCUT2D eigenvalue weighted by molar-refractivity contribution is 5.77. The molecule has 2 heteroatoms. The van der Waals surface area contributed by atoms with Gasteiger partial charge in [-0.2, -0.15) is 0 Å². The maximum absolute atomic E-state index is 10.8. The van der Waals surface area contributed by atoms with Gasteiger partial charge in [-0.1, -0.05) is 20.8 Å². The number of hydrogen-bond acceptors (Lipinski definition) is 2. The third kappa shape index (κ3) is 6.05. The Bertz CT molecular complexity index is 121. The Balaban J connectivity index is 3.66. The van der Waals surface area contributed by atoms with Gasteiger partial charge >= 0.3 is 0 Å². The first-order chi connectivity index (χ1) is 5.06. The summed E-state index contributed by atoms with van der Waals surface area (Å²) in [6, 6.07) is 0. The van der Waals surface area contributed by atoms with Crippen molar-refractivity contribution in [2.75, 3.05) is 19.6 Å². The quantitative estimate of drug-likeness (QED) is 0.603. The third-order valence-corrected chi connectivity index (χ3v) is 1.52. The van der Waals surface area contributed by atoms with Gasteiger partial charge in [0.2, 0.25) is 0 Å². The fourth-order valence-corrected chi connectivity index (χ4v) is 1.14. The van der Waals surface area contributed by atoms with E-state index in [0.29, 0.717) is 12.5 Å². The van der Waals surface area contributed by atoms with Crippen LogP contribution >= 0.6 is 0 Å². The van der Waals surface area contributed by atoms with Gasteiger partial charge in [-0.05, 0) is 19.4 Å². The minimum atomic E-state index is 0.257. The van der Waals surface area contributed by atoms with Crippen LogP contribution in [0.25, 0.3) is 0 Å². The number of rotatable bonds is 5. The molecule has 0 spiro atoms. The van der Waals surface area contributed by atoms with Crippen LogP contribution in [0.5, 0.6) is 0 Å². The average Bonchev–Trinajstić information content (AvgIpc) is 1.84. The van der Waals surface area contributed by atoms with Crippen molar-refractivity contribution in [3.8, 4) is 0 Å². The Morgan fingerprint density at radius 2 is 2.00 bits per heavy atom. The average molecular weight is 157 g/mol. The molecule has 0 unspecified atom stereocenters. The third-order valence-electron chi connectivity index (χ3n) is 1.52. The second kappa shape index (κ2) is 5.30. The summed E-state index contributed by atoms with van der Waals surface area (Å²) >= 11 is 0. The summed E-state index contributed by atoms with van der Waals surface area (Å²) < 4.78 is 0. The molecular weight excluding hydrogens is 138 g/mol. The van der Waals surface area contributed by atoms with Gasteiger partial charge in [0.15, 0.2) is 0 Å². The van der Waals surface area contributed by atoms with Crippen LogP contribution in [0.15, 0.2) is 0 Å². The topological polar surface area (TPSA) is 20.3 Å². The zero-order valence-corrected chi connectivity index (χ0v) is 8.05.